The quantitative estimate of drug-likeness (QED) is 0.686. The maximum absolute atomic E-state index is 8.98. The summed E-state index contributed by atoms with van der Waals surface area (Å²) in [5, 5.41) is 8.98. The summed E-state index contributed by atoms with van der Waals surface area (Å²) in [5.74, 6) is 1.54. The van der Waals surface area contributed by atoms with Crippen LogP contribution in [-0.4, -0.2) is 7.11 Å². The maximum Gasteiger partial charge on any atom is 0.122 e. The van der Waals surface area contributed by atoms with Gasteiger partial charge in [0.05, 0.1) is 18.7 Å². The zero-order valence-corrected chi connectivity index (χ0v) is 12.3. The van der Waals surface area contributed by atoms with Gasteiger partial charge in [-0.3, -0.25) is 0 Å². The van der Waals surface area contributed by atoms with Crippen LogP contribution in [0.4, 0.5) is 5.69 Å². The normalized spacial score (nSPS) is 10.1. The SMILES string of the molecule is COc1ccc(C#N)cc1CSc1cccc(N)c1C. The lowest BCUT2D eigenvalue weighted by molar-refractivity contribution is 0.411. The van der Waals surface area contributed by atoms with Crippen LogP contribution in [0.1, 0.15) is 16.7 Å². The minimum atomic E-state index is 0.644. The van der Waals surface area contributed by atoms with Crippen LogP contribution in [0.5, 0.6) is 5.75 Å². The fourth-order valence-electron chi connectivity index (χ4n) is 1.90. The van der Waals surface area contributed by atoms with E-state index in [2.05, 4.69) is 12.1 Å². The van der Waals surface area contributed by atoms with Gasteiger partial charge in [-0.2, -0.15) is 5.26 Å². The number of benzene rings is 2. The number of ether oxygens (including phenoxy) is 1. The fourth-order valence-corrected chi connectivity index (χ4v) is 2.95. The monoisotopic (exact) mass is 284 g/mol. The molecule has 20 heavy (non-hydrogen) atoms. The van der Waals surface area contributed by atoms with E-state index in [0.29, 0.717) is 5.56 Å². The molecule has 0 unspecified atom stereocenters. The molecular formula is C16H16N2OS. The third-order valence-electron chi connectivity index (χ3n) is 3.12. The first-order valence-corrected chi connectivity index (χ1v) is 7.19. The van der Waals surface area contributed by atoms with Crippen molar-refractivity contribution < 1.29 is 4.74 Å². The highest BCUT2D eigenvalue weighted by Gasteiger charge is 2.07. The van der Waals surface area contributed by atoms with Crippen LogP contribution >= 0.6 is 11.8 Å². The first kappa shape index (κ1) is 14.3. The Morgan fingerprint density at radius 1 is 1.30 bits per heavy atom. The van der Waals surface area contributed by atoms with Gasteiger partial charge in [-0.15, -0.1) is 11.8 Å². The lowest BCUT2D eigenvalue weighted by Crippen LogP contribution is -1.93. The Balaban J connectivity index is 2.22. The molecule has 0 atom stereocenters. The molecule has 0 fully saturated rings. The van der Waals surface area contributed by atoms with E-state index in [-0.39, 0.29) is 0 Å². The highest BCUT2D eigenvalue weighted by atomic mass is 32.2. The largest absolute Gasteiger partial charge is 0.496 e. The standard InChI is InChI=1S/C16H16N2OS/c1-11-14(18)4-3-5-16(11)20-10-13-8-12(9-17)6-7-15(13)19-2/h3-8H,10,18H2,1-2H3. The summed E-state index contributed by atoms with van der Waals surface area (Å²) in [6.07, 6.45) is 0. The summed E-state index contributed by atoms with van der Waals surface area (Å²) in [6, 6.07) is 13.5. The van der Waals surface area contributed by atoms with Gasteiger partial charge >= 0.3 is 0 Å². The van der Waals surface area contributed by atoms with Crippen molar-refractivity contribution in [3.05, 3.63) is 53.1 Å². The fraction of sp³-hybridized carbons (Fsp3) is 0.188. The molecule has 0 amide bonds. The van der Waals surface area contributed by atoms with Crippen LogP contribution in [0.2, 0.25) is 0 Å². The van der Waals surface area contributed by atoms with E-state index in [9.17, 15) is 0 Å². The minimum absolute atomic E-state index is 0.644. The zero-order chi connectivity index (χ0) is 14.5. The van der Waals surface area contributed by atoms with Gasteiger partial charge in [0.25, 0.3) is 0 Å². The van der Waals surface area contributed by atoms with E-state index in [1.807, 2.05) is 31.2 Å². The Hall–Kier alpha value is -2.12. The number of methoxy groups -OCH3 is 1. The Morgan fingerprint density at radius 2 is 2.10 bits per heavy atom. The molecular weight excluding hydrogens is 268 g/mol. The highest BCUT2D eigenvalue weighted by Crippen LogP contribution is 2.32. The Bertz CT molecular complexity index is 662. The molecule has 102 valence electrons. The number of nitriles is 1. The highest BCUT2D eigenvalue weighted by molar-refractivity contribution is 7.98. The van der Waals surface area contributed by atoms with E-state index >= 15 is 0 Å². The van der Waals surface area contributed by atoms with Gasteiger partial charge in [0.15, 0.2) is 0 Å². The number of nitrogen functional groups attached to an aromatic ring is 1. The summed E-state index contributed by atoms with van der Waals surface area (Å²) in [4.78, 5) is 1.15. The van der Waals surface area contributed by atoms with Crippen molar-refractivity contribution in [2.45, 2.75) is 17.6 Å². The first-order chi connectivity index (χ1) is 9.65. The summed E-state index contributed by atoms with van der Waals surface area (Å²) in [6.45, 7) is 2.01. The van der Waals surface area contributed by atoms with Crippen molar-refractivity contribution in [3.8, 4) is 11.8 Å². The van der Waals surface area contributed by atoms with E-state index in [1.165, 1.54) is 0 Å². The molecule has 0 aliphatic rings. The molecule has 2 N–H and O–H groups in total. The second-order valence-corrected chi connectivity index (χ2v) is 5.41. The third-order valence-corrected chi connectivity index (χ3v) is 4.33. The maximum atomic E-state index is 8.98. The smallest absolute Gasteiger partial charge is 0.122 e. The van der Waals surface area contributed by atoms with Crippen molar-refractivity contribution in [2.75, 3.05) is 12.8 Å². The molecule has 0 aliphatic heterocycles. The summed E-state index contributed by atoms with van der Waals surface area (Å²) in [5.41, 5.74) is 9.46. The molecule has 0 bridgehead atoms. The minimum Gasteiger partial charge on any atom is -0.496 e. The van der Waals surface area contributed by atoms with E-state index in [0.717, 1.165) is 33.2 Å². The molecule has 4 heteroatoms. The average Bonchev–Trinajstić information content (AvgIpc) is 2.48. The summed E-state index contributed by atoms with van der Waals surface area (Å²) >= 11 is 1.69. The Kier molecular flexibility index (Phi) is 4.54. The number of rotatable bonds is 4. The van der Waals surface area contributed by atoms with Gasteiger partial charge in [0.2, 0.25) is 0 Å². The molecule has 2 aromatic carbocycles. The van der Waals surface area contributed by atoms with Crippen LogP contribution in [0.25, 0.3) is 0 Å². The zero-order valence-electron chi connectivity index (χ0n) is 11.5. The summed E-state index contributed by atoms with van der Waals surface area (Å²) < 4.78 is 5.34. The van der Waals surface area contributed by atoms with Crippen LogP contribution in [0.15, 0.2) is 41.3 Å². The van der Waals surface area contributed by atoms with Gasteiger partial charge in [-0.05, 0) is 42.8 Å². The molecule has 0 aliphatic carbocycles. The average molecular weight is 284 g/mol. The predicted molar refractivity (Wildman–Crippen MR) is 82.9 cm³/mol. The third kappa shape index (κ3) is 3.06. The van der Waals surface area contributed by atoms with Crippen molar-refractivity contribution in [3.63, 3.8) is 0 Å². The van der Waals surface area contributed by atoms with E-state index in [1.54, 1.807) is 24.9 Å². The lowest BCUT2D eigenvalue weighted by Gasteiger charge is -2.11. The lowest BCUT2D eigenvalue weighted by atomic mass is 10.1. The van der Waals surface area contributed by atoms with Gasteiger partial charge in [0, 0.05) is 21.9 Å². The summed E-state index contributed by atoms with van der Waals surface area (Å²) in [7, 11) is 1.64. The first-order valence-electron chi connectivity index (χ1n) is 6.20. The number of nitrogens with two attached hydrogens (primary N) is 1. The number of thioether (sulfide) groups is 1. The number of anilines is 1. The Labute approximate surface area is 123 Å². The van der Waals surface area contributed by atoms with Crippen LogP contribution in [0, 0.1) is 18.3 Å². The Morgan fingerprint density at radius 3 is 2.80 bits per heavy atom. The number of hydrogen-bond donors (Lipinski definition) is 1. The number of hydrogen-bond acceptors (Lipinski definition) is 4. The molecule has 2 aromatic rings. The molecule has 0 heterocycles. The predicted octanol–water partition coefficient (Wildman–Crippen LogP) is 3.75. The molecule has 0 saturated carbocycles. The molecule has 0 saturated heterocycles. The van der Waals surface area contributed by atoms with Crippen LogP contribution in [-0.2, 0) is 5.75 Å². The second-order valence-electron chi connectivity index (χ2n) is 4.40. The van der Waals surface area contributed by atoms with Crippen molar-refractivity contribution in [2.24, 2.45) is 0 Å². The van der Waals surface area contributed by atoms with Gasteiger partial charge in [-0.25, -0.2) is 0 Å². The number of nitrogens with zero attached hydrogens (tertiary/aromatic N) is 1. The van der Waals surface area contributed by atoms with Crippen LogP contribution in [0.3, 0.4) is 0 Å². The van der Waals surface area contributed by atoms with Gasteiger partial charge < -0.3 is 10.5 Å². The topological polar surface area (TPSA) is 59.0 Å². The second kappa shape index (κ2) is 6.36. The van der Waals surface area contributed by atoms with Crippen LogP contribution < -0.4 is 10.5 Å². The molecule has 0 aromatic heterocycles. The van der Waals surface area contributed by atoms with Crippen molar-refractivity contribution >= 4 is 17.4 Å². The molecule has 0 spiro atoms. The molecule has 3 nitrogen and oxygen atoms in total. The van der Waals surface area contributed by atoms with E-state index < -0.39 is 0 Å². The van der Waals surface area contributed by atoms with Crippen molar-refractivity contribution in [1.82, 2.24) is 0 Å². The van der Waals surface area contributed by atoms with Gasteiger partial charge in [0.1, 0.15) is 5.75 Å². The molecule has 0 radical (unpaired) electrons. The van der Waals surface area contributed by atoms with Crippen molar-refractivity contribution in [1.29, 1.82) is 5.26 Å². The van der Waals surface area contributed by atoms with E-state index in [4.69, 9.17) is 15.7 Å². The molecule has 2 rings (SSSR count). The van der Waals surface area contributed by atoms with Gasteiger partial charge in [-0.1, -0.05) is 6.07 Å².